The van der Waals surface area contributed by atoms with Crippen LogP contribution in [0.4, 0.5) is 16.2 Å². The molecule has 11 nitrogen and oxygen atoms in total. The molecule has 1 aromatic carbocycles. The molecule has 2 heterocycles. The van der Waals surface area contributed by atoms with Crippen LogP contribution in [0, 0.1) is 25.7 Å². The first-order valence-electron chi connectivity index (χ1n) is 15.6. The number of benzene rings is 1. The minimum atomic E-state index is -0.485. The molecule has 238 valence electrons. The van der Waals surface area contributed by atoms with Gasteiger partial charge in [0, 0.05) is 37.8 Å². The van der Waals surface area contributed by atoms with Gasteiger partial charge in [0.15, 0.2) is 5.76 Å². The molecule has 4 rings (SSSR count). The molecule has 1 aliphatic heterocycles. The fourth-order valence-corrected chi connectivity index (χ4v) is 5.52. The molecule has 1 fully saturated rings. The molecule has 3 amide bonds. The molecule has 0 saturated heterocycles. The van der Waals surface area contributed by atoms with E-state index in [0.29, 0.717) is 47.3 Å². The number of aromatic nitrogens is 1. The van der Waals surface area contributed by atoms with E-state index >= 15 is 0 Å². The monoisotopic (exact) mass is 599 g/mol. The van der Waals surface area contributed by atoms with E-state index < -0.39 is 12.1 Å². The predicted molar refractivity (Wildman–Crippen MR) is 166 cm³/mol. The summed E-state index contributed by atoms with van der Waals surface area (Å²) in [4.78, 5) is 31.2. The van der Waals surface area contributed by atoms with Crippen LogP contribution in [0.3, 0.4) is 0 Å². The molecule has 0 radical (unpaired) electrons. The SMILES string of the molecule is Cc1noc(C)c1NC(=O)Nc1ccc2c(c1)C(=O)N([C@H](C)CO)C[C@H](C)[C@@H](CN(C)CC1CC1)OCCCC[C@@H](C)O2. The standard InChI is InChI=1S/C32H49N5O6/c1-20-16-37(21(2)19-38)31(39)27-15-26(33-32(40)34-30-23(4)35-43-24(30)5)12-13-28(27)42-22(3)9-7-8-14-41-29(20)18-36(6)17-25-10-11-25/h12-13,15,20-22,25,29,38H,7-11,14,16-19H2,1-6H3,(H2,33,34,40)/t20-,21+,22+,29+/m0/s1. The van der Waals surface area contributed by atoms with E-state index in [-0.39, 0.29) is 30.6 Å². The zero-order valence-corrected chi connectivity index (χ0v) is 26.5. The average molecular weight is 600 g/mol. The quantitative estimate of drug-likeness (QED) is 0.384. The molecule has 43 heavy (non-hydrogen) atoms. The molecule has 0 spiro atoms. The summed E-state index contributed by atoms with van der Waals surface area (Å²) in [6.45, 7) is 12.1. The topological polar surface area (TPSA) is 129 Å². The molecular weight excluding hydrogens is 550 g/mol. The number of urea groups is 1. The van der Waals surface area contributed by atoms with Crippen molar-refractivity contribution in [1.29, 1.82) is 0 Å². The summed E-state index contributed by atoms with van der Waals surface area (Å²) < 4.78 is 17.9. The zero-order valence-electron chi connectivity index (χ0n) is 26.5. The number of fused-ring (bicyclic) bond motifs is 1. The van der Waals surface area contributed by atoms with Crippen molar-refractivity contribution in [1.82, 2.24) is 15.0 Å². The minimum Gasteiger partial charge on any atom is -0.490 e. The maximum absolute atomic E-state index is 14.3. The van der Waals surface area contributed by atoms with Crippen molar-refractivity contribution >= 4 is 23.3 Å². The fraction of sp³-hybridized carbons (Fsp3) is 0.656. The van der Waals surface area contributed by atoms with E-state index in [1.54, 1.807) is 36.9 Å². The van der Waals surface area contributed by atoms with Gasteiger partial charge in [-0.15, -0.1) is 0 Å². The summed E-state index contributed by atoms with van der Waals surface area (Å²) in [5.41, 5.74) is 1.83. The molecule has 2 aromatic rings. The molecule has 0 bridgehead atoms. The third kappa shape index (κ3) is 9.17. The van der Waals surface area contributed by atoms with Crippen molar-refractivity contribution in [2.45, 2.75) is 85.0 Å². The molecule has 2 aliphatic rings. The number of amides is 3. The van der Waals surface area contributed by atoms with Crippen molar-refractivity contribution in [3.63, 3.8) is 0 Å². The number of aryl methyl sites for hydroxylation is 2. The van der Waals surface area contributed by atoms with E-state index in [0.717, 1.165) is 38.3 Å². The number of hydrogen-bond donors (Lipinski definition) is 3. The summed E-state index contributed by atoms with van der Waals surface area (Å²) in [6, 6.07) is 4.17. The summed E-state index contributed by atoms with van der Waals surface area (Å²) in [7, 11) is 2.14. The van der Waals surface area contributed by atoms with Crippen LogP contribution in [0.15, 0.2) is 22.7 Å². The predicted octanol–water partition coefficient (Wildman–Crippen LogP) is 5.07. The Morgan fingerprint density at radius 2 is 1.93 bits per heavy atom. The first-order valence-corrected chi connectivity index (χ1v) is 15.6. The number of aliphatic hydroxyl groups excluding tert-OH is 1. The van der Waals surface area contributed by atoms with E-state index in [1.165, 1.54) is 12.8 Å². The van der Waals surface area contributed by atoms with Crippen molar-refractivity contribution < 1.29 is 28.7 Å². The van der Waals surface area contributed by atoms with Crippen LogP contribution in [0.1, 0.15) is 74.7 Å². The smallest absolute Gasteiger partial charge is 0.323 e. The highest BCUT2D eigenvalue weighted by Crippen LogP contribution is 2.31. The number of anilines is 2. The largest absolute Gasteiger partial charge is 0.490 e. The van der Waals surface area contributed by atoms with Crippen molar-refractivity contribution in [2.24, 2.45) is 11.8 Å². The molecule has 0 unspecified atom stereocenters. The fourth-order valence-electron chi connectivity index (χ4n) is 5.52. The lowest BCUT2D eigenvalue weighted by Gasteiger charge is -2.36. The van der Waals surface area contributed by atoms with Gasteiger partial charge in [-0.1, -0.05) is 12.1 Å². The number of carbonyl (C=O) groups is 2. The van der Waals surface area contributed by atoms with Gasteiger partial charge in [-0.25, -0.2) is 4.79 Å². The van der Waals surface area contributed by atoms with Gasteiger partial charge in [-0.05, 0) is 91.0 Å². The van der Waals surface area contributed by atoms with Crippen molar-refractivity contribution in [2.75, 3.05) is 50.5 Å². The van der Waals surface area contributed by atoms with Gasteiger partial charge in [-0.3, -0.25) is 4.79 Å². The van der Waals surface area contributed by atoms with Gasteiger partial charge < -0.3 is 39.5 Å². The molecule has 4 atom stereocenters. The Kier molecular flexibility index (Phi) is 11.5. The Labute approximate surface area is 255 Å². The van der Waals surface area contributed by atoms with E-state index in [1.807, 2.05) is 13.8 Å². The van der Waals surface area contributed by atoms with Gasteiger partial charge in [-0.2, -0.15) is 0 Å². The maximum Gasteiger partial charge on any atom is 0.323 e. The average Bonchev–Trinajstić information content (AvgIpc) is 3.73. The Bertz CT molecular complexity index is 1210. The third-order valence-corrected chi connectivity index (χ3v) is 8.34. The lowest BCUT2D eigenvalue weighted by molar-refractivity contribution is -0.0172. The minimum absolute atomic E-state index is 0.0213. The highest BCUT2D eigenvalue weighted by molar-refractivity contribution is 6.03. The third-order valence-electron chi connectivity index (χ3n) is 8.34. The number of ether oxygens (including phenoxy) is 2. The Morgan fingerprint density at radius 3 is 2.60 bits per heavy atom. The Hall–Kier alpha value is -3.15. The van der Waals surface area contributed by atoms with Crippen molar-refractivity contribution in [3.8, 4) is 5.75 Å². The highest BCUT2D eigenvalue weighted by Gasteiger charge is 2.31. The van der Waals surface area contributed by atoms with Crippen LogP contribution >= 0.6 is 0 Å². The number of nitrogens with one attached hydrogen (secondary N) is 2. The molecule has 1 aliphatic carbocycles. The van der Waals surface area contributed by atoms with E-state index in [4.69, 9.17) is 14.0 Å². The maximum atomic E-state index is 14.3. The van der Waals surface area contributed by atoms with Crippen LogP contribution in [-0.4, -0.2) is 90.1 Å². The summed E-state index contributed by atoms with van der Waals surface area (Å²) in [5, 5.41) is 19.6. The second-order valence-electron chi connectivity index (χ2n) is 12.5. The number of hydrogen-bond acceptors (Lipinski definition) is 8. The Morgan fingerprint density at radius 1 is 1.16 bits per heavy atom. The normalized spacial score (nSPS) is 22.8. The second kappa shape index (κ2) is 15.0. The van der Waals surface area contributed by atoms with Crippen LogP contribution in [-0.2, 0) is 4.74 Å². The first kappa shape index (κ1) is 32.8. The van der Waals surface area contributed by atoms with Gasteiger partial charge in [0.2, 0.25) is 0 Å². The second-order valence-corrected chi connectivity index (χ2v) is 12.5. The van der Waals surface area contributed by atoms with Gasteiger partial charge in [0.1, 0.15) is 17.1 Å². The molecular formula is C32H49N5O6. The van der Waals surface area contributed by atoms with Crippen molar-refractivity contribution in [3.05, 3.63) is 35.2 Å². The molecule has 3 N–H and O–H groups in total. The zero-order chi connectivity index (χ0) is 31.1. The number of rotatable bonds is 8. The molecule has 1 aromatic heterocycles. The van der Waals surface area contributed by atoms with E-state index in [2.05, 4.69) is 34.7 Å². The number of likely N-dealkylation sites (N-methyl/N-ethyl adjacent to an activating group) is 1. The summed E-state index contributed by atoms with van der Waals surface area (Å²) in [5.74, 6) is 1.48. The number of nitrogens with zero attached hydrogens (tertiary/aromatic N) is 3. The van der Waals surface area contributed by atoms with Crippen LogP contribution in [0.5, 0.6) is 5.75 Å². The number of aliphatic hydroxyl groups is 1. The van der Waals surface area contributed by atoms with E-state index in [9.17, 15) is 14.7 Å². The summed E-state index contributed by atoms with van der Waals surface area (Å²) >= 11 is 0. The van der Waals surface area contributed by atoms with Gasteiger partial charge >= 0.3 is 6.03 Å². The lowest BCUT2D eigenvalue weighted by atomic mass is 10.0. The van der Waals surface area contributed by atoms with Gasteiger partial charge in [0.05, 0.1) is 30.4 Å². The number of carbonyl (C=O) groups excluding carboxylic acids is 2. The van der Waals surface area contributed by atoms with Crippen LogP contribution in [0.25, 0.3) is 0 Å². The van der Waals surface area contributed by atoms with Crippen LogP contribution < -0.4 is 15.4 Å². The molecule has 1 saturated carbocycles. The highest BCUT2D eigenvalue weighted by atomic mass is 16.5. The first-order chi connectivity index (χ1) is 20.5. The summed E-state index contributed by atoms with van der Waals surface area (Å²) in [6.07, 6.45) is 5.09. The Balaban J connectivity index is 1.60. The van der Waals surface area contributed by atoms with Gasteiger partial charge in [0.25, 0.3) is 5.91 Å². The van der Waals surface area contributed by atoms with Crippen LogP contribution in [0.2, 0.25) is 0 Å². The lowest BCUT2D eigenvalue weighted by Crippen LogP contribution is -2.47. The molecule has 11 heteroatoms.